The van der Waals surface area contributed by atoms with E-state index in [1.807, 2.05) is 0 Å². The summed E-state index contributed by atoms with van der Waals surface area (Å²) in [5.74, 6) is -0.915. The van der Waals surface area contributed by atoms with Gasteiger partial charge in [0.2, 0.25) is 5.91 Å². The van der Waals surface area contributed by atoms with Gasteiger partial charge in [-0.1, -0.05) is 26.2 Å². The number of anilines is 2. The number of rotatable bonds is 7. The van der Waals surface area contributed by atoms with Crippen LogP contribution in [0.2, 0.25) is 0 Å². The van der Waals surface area contributed by atoms with E-state index in [0.717, 1.165) is 25.7 Å². The lowest BCUT2D eigenvalue weighted by Gasteiger charge is -2.10. The summed E-state index contributed by atoms with van der Waals surface area (Å²) in [6.07, 6.45) is 4.32. The monoisotopic (exact) mass is 295 g/mol. The number of carbonyl (C=O) groups is 2. The molecular formula is C15H22FN3O2. The van der Waals surface area contributed by atoms with Crippen molar-refractivity contribution < 1.29 is 14.0 Å². The van der Waals surface area contributed by atoms with Gasteiger partial charge in [-0.15, -0.1) is 0 Å². The first-order valence-corrected chi connectivity index (χ1v) is 7.15. The Balaban J connectivity index is 2.46. The fourth-order valence-electron chi connectivity index (χ4n) is 1.82. The minimum Gasteiger partial charge on any atom is -0.338 e. The fourth-order valence-corrected chi connectivity index (χ4v) is 1.82. The quantitative estimate of drug-likeness (QED) is 0.674. The molecule has 0 atom stereocenters. The molecule has 3 N–H and O–H groups in total. The number of carbonyl (C=O) groups excluding carboxylic acids is 2. The van der Waals surface area contributed by atoms with Crippen molar-refractivity contribution in [3.63, 3.8) is 0 Å². The molecule has 0 spiro atoms. The number of nitrogens with one attached hydrogen (secondary N) is 3. The maximum atomic E-state index is 13.4. The van der Waals surface area contributed by atoms with E-state index in [1.54, 1.807) is 0 Å². The van der Waals surface area contributed by atoms with Crippen molar-refractivity contribution in [3.05, 3.63) is 24.0 Å². The first-order chi connectivity index (χ1) is 10.0. The second-order valence-electron chi connectivity index (χ2n) is 4.82. The highest BCUT2D eigenvalue weighted by Gasteiger charge is 2.07. The molecule has 0 bridgehead atoms. The third-order valence-corrected chi connectivity index (χ3v) is 2.85. The lowest BCUT2D eigenvalue weighted by atomic mass is 10.2. The minimum absolute atomic E-state index is 0.0447. The number of benzene rings is 1. The molecule has 1 aromatic rings. The summed E-state index contributed by atoms with van der Waals surface area (Å²) >= 11 is 0. The summed E-state index contributed by atoms with van der Waals surface area (Å²) in [5.41, 5.74) is 0.467. The van der Waals surface area contributed by atoms with Crippen LogP contribution in [0.4, 0.5) is 20.6 Å². The molecule has 0 aromatic heterocycles. The van der Waals surface area contributed by atoms with Gasteiger partial charge in [0, 0.05) is 19.2 Å². The summed E-state index contributed by atoms with van der Waals surface area (Å²) < 4.78 is 13.4. The summed E-state index contributed by atoms with van der Waals surface area (Å²) in [7, 11) is 0. The second kappa shape index (κ2) is 8.94. The molecule has 0 heterocycles. The zero-order valence-electron chi connectivity index (χ0n) is 12.5. The highest BCUT2D eigenvalue weighted by Crippen LogP contribution is 2.19. The van der Waals surface area contributed by atoms with Crippen molar-refractivity contribution in [1.82, 2.24) is 5.32 Å². The lowest BCUT2D eigenvalue weighted by Crippen LogP contribution is -2.29. The molecule has 116 valence electrons. The highest BCUT2D eigenvalue weighted by atomic mass is 19.1. The van der Waals surface area contributed by atoms with Crippen LogP contribution in [0.3, 0.4) is 0 Å². The van der Waals surface area contributed by atoms with Gasteiger partial charge in [-0.3, -0.25) is 4.79 Å². The van der Waals surface area contributed by atoms with Crippen LogP contribution in [-0.2, 0) is 4.79 Å². The Bertz CT molecular complexity index is 492. The molecule has 21 heavy (non-hydrogen) atoms. The third-order valence-electron chi connectivity index (χ3n) is 2.85. The number of hydrogen-bond donors (Lipinski definition) is 3. The van der Waals surface area contributed by atoms with Gasteiger partial charge in [0.25, 0.3) is 0 Å². The van der Waals surface area contributed by atoms with Crippen LogP contribution in [0.25, 0.3) is 0 Å². The molecular weight excluding hydrogens is 273 g/mol. The van der Waals surface area contributed by atoms with Gasteiger partial charge in [0.15, 0.2) is 0 Å². The fraction of sp³-hybridized carbons (Fsp3) is 0.467. The van der Waals surface area contributed by atoms with Gasteiger partial charge in [-0.05, 0) is 24.6 Å². The maximum absolute atomic E-state index is 13.4. The topological polar surface area (TPSA) is 70.2 Å². The molecule has 6 heteroatoms. The number of urea groups is 1. The summed E-state index contributed by atoms with van der Waals surface area (Å²) in [4.78, 5) is 22.6. The van der Waals surface area contributed by atoms with Crippen molar-refractivity contribution >= 4 is 23.3 Å². The Morgan fingerprint density at radius 2 is 1.90 bits per heavy atom. The van der Waals surface area contributed by atoms with Crippen LogP contribution in [-0.4, -0.2) is 18.5 Å². The average Bonchev–Trinajstić information content (AvgIpc) is 2.42. The van der Waals surface area contributed by atoms with Gasteiger partial charge in [0.1, 0.15) is 5.82 Å². The largest absolute Gasteiger partial charge is 0.338 e. The van der Waals surface area contributed by atoms with Gasteiger partial charge >= 0.3 is 6.03 Å². The average molecular weight is 295 g/mol. The molecule has 0 radical (unpaired) electrons. The van der Waals surface area contributed by atoms with E-state index >= 15 is 0 Å². The zero-order valence-corrected chi connectivity index (χ0v) is 12.5. The van der Waals surface area contributed by atoms with Gasteiger partial charge < -0.3 is 16.0 Å². The molecule has 0 aliphatic carbocycles. The lowest BCUT2D eigenvalue weighted by molar-refractivity contribution is -0.114. The van der Waals surface area contributed by atoms with Gasteiger partial charge in [0.05, 0.1) is 5.69 Å². The zero-order chi connectivity index (χ0) is 15.7. The number of hydrogen-bond acceptors (Lipinski definition) is 2. The Hall–Kier alpha value is -2.11. The first-order valence-electron chi connectivity index (χ1n) is 7.15. The number of unbranched alkanes of at least 4 members (excludes halogenated alkanes) is 3. The SMILES string of the molecule is CCCCCCNC(=O)Nc1ccc(F)c(NC(C)=O)c1. The Labute approximate surface area is 124 Å². The molecule has 0 saturated heterocycles. The van der Waals surface area contributed by atoms with Crippen molar-refractivity contribution in [2.75, 3.05) is 17.2 Å². The van der Waals surface area contributed by atoms with Crippen molar-refractivity contribution in [2.24, 2.45) is 0 Å². The van der Waals surface area contributed by atoms with E-state index in [2.05, 4.69) is 22.9 Å². The Morgan fingerprint density at radius 3 is 2.57 bits per heavy atom. The van der Waals surface area contributed by atoms with Gasteiger partial charge in [-0.2, -0.15) is 0 Å². The van der Waals surface area contributed by atoms with Crippen molar-refractivity contribution in [2.45, 2.75) is 39.5 Å². The minimum atomic E-state index is -0.546. The van der Waals surface area contributed by atoms with Crippen LogP contribution in [0.1, 0.15) is 39.5 Å². The number of halogens is 1. The summed E-state index contributed by atoms with van der Waals surface area (Å²) in [5, 5.41) is 7.71. The summed E-state index contributed by atoms with van der Waals surface area (Å²) in [6.45, 7) is 4.02. The molecule has 0 fully saturated rings. The normalized spacial score (nSPS) is 10.0. The van der Waals surface area contributed by atoms with E-state index in [-0.39, 0.29) is 17.6 Å². The third kappa shape index (κ3) is 6.74. The molecule has 0 unspecified atom stereocenters. The molecule has 1 aromatic carbocycles. The molecule has 0 aliphatic rings. The van der Waals surface area contributed by atoms with E-state index < -0.39 is 5.82 Å². The molecule has 0 aliphatic heterocycles. The van der Waals surface area contributed by atoms with Gasteiger partial charge in [-0.25, -0.2) is 9.18 Å². The Morgan fingerprint density at radius 1 is 1.14 bits per heavy atom. The van der Waals surface area contributed by atoms with Crippen LogP contribution in [0.15, 0.2) is 18.2 Å². The number of amides is 3. The Kier molecular flexibility index (Phi) is 7.21. The van der Waals surface area contributed by atoms with Crippen molar-refractivity contribution in [3.8, 4) is 0 Å². The van der Waals surface area contributed by atoms with Crippen LogP contribution in [0, 0.1) is 5.82 Å². The van der Waals surface area contributed by atoms with Crippen LogP contribution in [0.5, 0.6) is 0 Å². The van der Waals surface area contributed by atoms with Crippen LogP contribution < -0.4 is 16.0 Å². The molecule has 5 nitrogen and oxygen atoms in total. The summed E-state index contributed by atoms with van der Waals surface area (Å²) in [6, 6.07) is 3.68. The molecule has 0 saturated carbocycles. The van der Waals surface area contributed by atoms with Crippen molar-refractivity contribution in [1.29, 1.82) is 0 Å². The highest BCUT2D eigenvalue weighted by molar-refractivity contribution is 5.92. The first kappa shape index (κ1) is 16.9. The standard InChI is InChI=1S/C15H22FN3O2/c1-3-4-5-6-9-17-15(21)19-12-7-8-13(16)14(10-12)18-11(2)20/h7-8,10H,3-6,9H2,1-2H3,(H,18,20)(H2,17,19,21). The molecule has 3 amide bonds. The maximum Gasteiger partial charge on any atom is 0.319 e. The predicted molar refractivity (Wildman–Crippen MR) is 81.9 cm³/mol. The molecule has 1 rings (SSSR count). The smallest absolute Gasteiger partial charge is 0.319 e. The van der Waals surface area contributed by atoms with E-state index in [4.69, 9.17) is 0 Å². The van der Waals surface area contributed by atoms with Crippen LogP contribution >= 0.6 is 0 Å². The van der Waals surface area contributed by atoms with E-state index in [1.165, 1.54) is 25.1 Å². The predicted octanol–water partition coefficient (Wildman–Crippen LogP) is 3.49. The van der Waals surface area contributed by atoms with E-state index in [0.29, 0.717) is 12.2 Å². The van der Waals surface area contributed by atoms with E-state index in [9.17, 15) is 14.0 Å². The second-order valence-corrected chi connectivity index (χ2v) is 4.82.